The van der Waals surface area contributed by atoms with Gasteiger partial charge in [-0.05, 0) is 18.1 Å². The van der Waals surface area contributed by atoms with Crippen molar-refractivity contribution in [2.45, 2.75) is 32.6 Å². The van der Waals surface area contributed by atoms with Crippen LogP contribution in [0.15, 0.2) is 24.3 Å². The maximum atomic E-state index is 5.34. The smallest absolute Gasteiger partial charge is 0.205 e. The van der Waals surface area contributed by atoms with Crippen molar-refractivity contribution in [3.05, 3.63) is 34.8 Å². The lowest BCUT2D eigenvalue weighted by molar-refractivity contribution is 0.410. The molecule has 2 rings (SSSR count). The maximum Gasteiger partial charge on any atom is 0.205 e. The molecule has 0 aliphatic rings. The number of methoxy groups -OCH3 is 1. The van der Waals surface area contributed by atoms with Gasteiger partial charge in [0.2, 0.25) is 5.13 Å². The van der Waals surface area contributed by atoms with E-state index in [0.717, 1.165) is 28.9 Å². The second-order valence-electron chi connectivity index (χ2n) is 5.65. The summed E-state index contributed by atoms with van der Waals surface area (Å²) in [5.74, 6) is 0.932. The molecular weight excluding hydrogens is 270 g/mol. The average Bonchev–Trinajstić information content (AvgIpc) is 2.88. The fourth-order valence-electron chi connectivity index (χ4n) is 1.81. The molecule has 0 atom stereocenters. The van der Waals surface area contributed by atoms with Gasteiger partial charge in [0.1, 0.15) is 10.8 Å². The molecule has 4 nitrogen and oxygen atoms in total. The van der Waals surface area contributed by atoms with Crippen LogP contribution in [-0.2, 0) is 11.8 Å². The van der Waals surface area contributed by atoms with Crippen molar-refractivity contribution in [2.24, 2.45) is 0 Å². The molecule has 20 heavy (non-hydrogen) atoms. The van der Waals surface area contributed by atoms with Crippen LogP contribution in [-0.4, -0.2) is 23.9 Å². The number of anilines is 1. The van der Waals surface area contributed by atoms with Crippen molar-refractivity contribution in [1.29, 1.82) is 0 Å². The van der Waals surface area contributed by atoms with Gasteiger partial charge in [-0.3, -0.25) is 0 Å². The minimum atomic E-state index is 0.0558. The Morgan fingerprint density at radius 1 is 1.20 bits per heavy atom. The Kier molecular flexibility index (Phi) is 4.60. The van der Waals surface area contributed by atoms with Gasteiger partial charge in [0, 0.05) is 12.0 Å². The predicted molar refractivity (Wildman–Crippen MR) is 83.8 cm³/mol. The Bertz CT molecular complexity index is 560. The fraction of sp³-hybridized carbons (Fsp3) is 0.467. The van der Waals surface area contributed by atoms with Crippen LogP contribution in [0.1, 0.15) is 31.3 Å². The summed E-state index contributed by atoms with van der Waals surface area (Å²) < 4.78 is 5.34. The monoisotopic (exact) mass is 291 g/mol. The van der Waals surface area contributed by atoms with Crippen molar-refractivity contribution in [3.8, 4) is 5.75 Å². The van der Waals surface area contributed by atoms with E-state index in [1.165, 1.54) is 5.56 Å². The number of hydrogen-bond acceptors (Lipinski definition) is 5. The van der Waals surface area contributed by atoms with Gasteiger partial charge < -0.3 is 10.1 Å². The molecule has 0 saturated carbocycles. The molecule has 5 heteroatoms. The van der Waals surface area contributed by atoms with E-state index in [1.54, 1.807) is 18.4 Å². The molecular formula is C15H21N3OS. The van der Waals surface area contributed by atoms with E-state index in [1.807, 2.05) is 18.2 Å². The second kappa shape index (κ2) is 6.22. The second-order valence-corrected chi connectivity index (χ2v) is 6.63. The Balaban J connectivity index is 1.91. The van der Waals surface area contributed by atoms with E-state index < -0.39 is 0 Å². The first-order valence-corrected chi connectivity index (χ1v) is 7.52. The van der Waals surface area contributed by atoms with Crippen molar-refractivity contribution < 1.29 is 4.74 Å². The van der Waals surface area contributed by atoms with E-state index in [4.69, 9.17) is 4.74 Å². The minimum Gasteiger partial charge on any atom is -0.496 e. The highest BCUT2D eigenvalue weighted by molar-refractivity contribution is 7.15. The molecule has 1 aromatic carbocycles. The molecule has 0 aliphatic heterocycles. The lowest BCUT2D eigenvalue weighted by atomic mass is 9.98. The van der Waals surface area contributed by atoms with Crippen LogP contribution in [0.5, 0.6) is 5.75 Å². The summed E-state index contributed by atoms with van der Waals surface area (Å²) in [5.41, 5.74) is 1.25. The lowest BCUT2D eigenvalue weighted by Gasteiger charge is -2.12. The van der Waals surface area contributed by atoms with Crippen molar-refractivity contribution in [3.63, 3.8) is 0 Å². The summed E-state index contributed by atoms with van der Waals surface area (Å²) in [6.07, 6.45) is 0.897. The fourth-order valence-corrected chi connectivity index (χ4v) is 2.64. The Morgan fingerprint density at radius 3 is 2.60 bits per heavy atom. The molecule has 0 saturated heterocycles. The highest BCUT2D eigenvalue weighted by Gasteiger charge is 2.19. The van der Waals surface area contributed by atoms with Gasteiger partial charge in [-0.1, -0.05) is 50.3 Å². The minimum absolute atomic E-state index is 0.0558. The van der Waals surface area contributed by atoms with Crippen LogP contribution in [0.3, 0.4) is 0 Å². The lowest BCUT2D eigenvalue weighted by Crippen LogP contribution is -2.10. The summed E-state index contributed by atoms with van der Waals surface area (Å²) >= 11 is 1.62. The molecule has 0 radical (unpaired) electrons. The largest absolute Gasteiger partial charge is 0.496 e. The SMILES string of the molecule is COc1ccccc1CCNc1nnc(C(C)(C)C)s1. The first-order valence-electron chi connectivity index (χ1n) is 6.70. The first kappa shape index (κ1) is 14.8. The molecule has 2 aromatic rings. The number of benzene rings is 1. The molecule has 0 spiro atoms. The van der Waals surface area contributed by atoms with Gasteiger partial charge in [-0.25, -0.2) is 0 Å². The molecule has 0 bridgehead atoms. The molecule has 1 N–H and O–H groups in total. The number of aromatic nitrogens is 2. The number of para-hydroxylation sites is 1. The Morgan fingerprint density at radius 2 is 1.95 bits per heavy atom. The summed E-state index contributed by atoms with van der Waals surface area (Å²) in [4.78, 5) is 0. The van der Waals surface area contributed by atoms with E-state index in [9.17, 15) is 0 Å². The molecule has 0 fully saturated rings. The van der Waals surface area contributed by atoms with Crippen LogP contribution in [0.4, 0.5) is 5.13 Å². The third kappa shape index (κ3) is 3.70. The first-order chi connectivity index (χ1) is 9.50. The van der Waals surface area contributed by atoms with E-state index in [-0.39, 0.29) is 5.41 Å². The van der Waals surface area contributed by atoms with E-state index in [0.29, 0.717) is 0 Å². The van der Waals surface area contributed by atoms with Gasteiger partial charge in [0.15, 0.2) is 0 Å². The van der Waals surface area contributed by atoms with Crippen LogP contribution >= 0.6 is 11.3 Å². The van der Waals surface area contributed by atoms with Gasteiger partial charge in [-0.2, -0.15) is 0 Å². The normalized spacial score (nSPS) is 11.4. The van der Waals surface area contributed by atoms with Crippen molar-refractivity contribution >= 4 is 16.5 Å². The van der Waals surface area contributed by atoms with Crippen LogP contribution in [0.2, 0.25) is 0 Å². The topological polar surface area (TPSA) is 47.0 Å². The highest BCUT2D eigenvalue weighted by Crippen LogP contribution is 2.27. The molecule has 0 amide bonds. The third-order valence-electron chi connectivity index (χ3n) is 2.93. The number of nitrogens with one attached hydrogen (secondary N) is 1. The third-order valence-corrected chi connectivity index (χ3v) is 4.24. The highest BCUT2D eigenvalue weighted by atomic mass is 32.1. The number of nitrogens with zero attached hydrogens (tertiary/aromatic N) is 2. The molecule has 0 unspecified atom stereocenters. The van der Waals surface area contributed by atoms with Crippen LogP contribution in [0, 0.1) is 0 Å². The van der Waals surface area contributed by atoms with Gasteiger partial charge >= 0.3 is 0 Å². The zero-order chi connectivity index (χ0) is 14.6. The molecule has 1 heterocycles. The predicted octanol–water partition coefficient (Wildman–Crippen LogP) is 3.50. The van der Waals surface area contributed by atoms with Gasteiger partial charge in [0.25, 0.3) is 0 Å². The van der Waals surface area contributed by atoms with Crippen LogP contribution in [0.25, 0.3) is 0 Å². The Labute approximate surface area is 124 Å². The van der Waals surface area contributed by atoms with E-state index in [2.05, 4.69) is 42.4 Å². The van der Waals surface area contributed by atoms with Gasteiger partial charge in [-0.15, -0.1) is 10.2 Å². The number of hydrogen-bond donors (Lipinski definition) is 1. The summed E-state index contributed by atoms with van der Waals surface area (Å²) in [6, 6.07) is 8.08. The Hall–Kier alpha value is -1.62. The quantitative estimate of drug-likeness (QED) is 0.916. The standard InChI is InChI=1S/C15H21N3OS/c1-15(2,3)13-17-18-14(20-13)16-10-9-11-7-5-6-8-12(11)19-4/h5-8H,9-10H2,1-4H3,(H,16,18). The summed E-state index contributed by atoms with van der Waals surface area (Å²) in [6.45, 7) is 7.25. The maximum absolute atomic E-state index is 5.34. The molecule has 1 aromatic heterocycles. The number of ether oxygens (including phenoxy) is 1. The average molecular weight is 291 g/mol. The zero-order valence-electron chi connectivity index (χ0n) is 12.4. The van der Waals surface area contributed by atoms with Crippen molar-refractivity contribution in [2.75, 3.05) is 19.0 Å². The zero-order valence-corrected chi connectivity index (χ0v) is 13.3. The van der Waals surface area contributed by atoms with Crippen molar-refractivity contribution in [1.82, 2.24) is 10.2 Å². The number of rotatable bonds is 5. The van der Waals surface area contributed by atoms with Crippen LogP contribution < -0.4 is 10.1 Å². The summed E-state index contributed by atoms with van der Waals surface area (Å²) in [5, 5.41) is 13.7. The summed E-state index contributed by atoms with van der Waals surface area (Å²) in [7, 11) is 1.70. The van der Waals surface area contributed by atoms with Gasteiger partial charge in [0.05, 0.1) is 7.11 Å². The molecule has 0 aliphatic carbocycles. The van der Waals surface area contributed by atoms with E-state index >= 15 is 0 Å². The molecule has 108 valence electrons.